The van der Waals surface area contributed by atoms with Gasteiger partial charge >= 0.3 is 11.9 Å². The van der Waals surface area contributed by atoms with Crippen molar-refractivity contribution in [3.63, 3.8) is 0 Å². The van der Waals surface area contributed by atoms with Crippen LogP contribution in [-0.4, -0.2) is 231 Å². The Morgan fingerprint density at radius 2 is 0.769 bits per heavy atom. The number of carboxylic acid groups (broad SMARTS) is 2. The number of aromatic amines is 1. The number of fused-ring (bicyclic) bond motifs is 1. The molecule has 1 aromatic heterocycles. The lowest BCUT2D eigenvalue weighted by atomic mass is 9.95. The molecule has 0 saturated carbocycles. The number of unbranched alkanes of at least 4 members (excludes halogenated alkanes) is 1. The van der Waals surface area contributed by atoms with Crippen LogP contribution in [0.1, 0.15) is 170 Å². The third-order valence-corrected chi connectivity index (χ3v) is 20.0. The standard InChI is InChI=1S/C79H126N18O20/c1-11-45(9)21-16-19-27-61(101)94-63(42(3)4)75(112)88-54(33-36-82)70(107)95-64(43(5)6)76(113)93-59(41-99)74(111)91-57(38-48-39-84-50-25-18-17-24-49(48)50)72(109)92-58(40-98)73(110)86-51(28-30-60(83)100)67(104)87-53(32-35-81)68(105)90-56(37-47-22-14-13-15-23-47)71(108)85-52(29-31-62(102)103)69(106)96-65(44(7)8)77(114)97-66(46(10)12-2)78(115)89-55(79(116)117)26-20-34-80/h13-15,17-18,22-25,39,42-46,51-59,63-66,84,98-99H,11-12,16,19-21,26-38,40-41,80-82H2,1-10H3,(H2,83,100)(H,85,108)(H,86,110)(H,87,104)(H,88,112)(H,89,115)(H,90,105)(H,91,111)(H,92,109)(H,93,113)(H,94,101)(H,95,107)(H,96,106)(H,97,114)(H,102,103)(H,116,117). The van der Waals surface area contributed by atoms with Crippen LogP contribution in [-0.2, 0) is 89.6 Å². The molecular formula is C79H126N18O20. The van der Waals surface area contributed by atoms with E-state index in [-0.39, 0.29) is 70.5 Å². The molecule has 652 valence electrons. The number of aliphatic carboxylic acids is 2. The highest BCUT2D eigenvalue weighted by atomic mass is 16.4. The molecule has 1 heterocycles. The van der Waals surface area contributed by atoms with Gasteiger partial charge in [-0.1, -0.05) is 143 Å². The Hall–Kier alpha value is -10.7. The van der Waals surface area contributed by atoms with Gasteiger partial charge in [0.25, 0.3) is 0 Å². The molecule has 15 unspecified atom stereocenters. The second-order valence-corrected chi connectivity index (χ2v) is 30.4. The van der Waals surface area contributed by atoms with E-state index < -0.39 is 230 Å². The second kappa shape index (κ2) is 52.1. The molecule has 26 N–H and O–H groups in total. The number of nitrogens with two attached hydrogens (primary N) is 4. The molecule has 38 heteroatoms. The van der Waals surface area contributed by atoms with Crippen LogP contribution in [0.2, 0.25) is 0 Å². The number of benzene rings is 2. The Morgan fingerprint density at radius 3 is 1.23 bits per heavy atom. The molecule has 0 fully saturated rings. The summed E-state index contributed by atoms with van der Waals surface area (Å²) in [4.78, 5) is 224. The van der Waals surface area contributed by atoms with Crippen molar-refractivity contribution in [2.75, 3.05) is 32.8 Å². The molecule has 3 aromatic rings. The van der Waals surface area contributed by atoms with Crippen molar-refractivity contribution in [3.8, 4) is 0 Å². The third-order valence-electron chi connectivity index (χ3n) is 20.0. The number of aliphatic hydroxyl groups excluding tert-OH is 2. The fraction of sp³-hybridized carbons (Fsp3) is 0.620. The van der Waals surface area contributed by atoms with Gasteiger partial charge in [0.2, 0.25) is 82.7 Å². The Balaban J connectivity index is 1.94. The number of carboxylic acids is 2. The SMILES string of the molecule is CCC(C)CCCCC(=O)NC(C(=O)NC(CCN)C(=O)NC(C(=O)NC(CO)C(=O)NC(Cc1c[nH]c2ccccc12)C(=O)NC(CO)C(=O)NC(CCC(N)=O)C(=O)NC(CCN)C(=O)NC(Cc1ccccc1)C(=O)NC(CCC(=O)O)C(=O)NC(C(=O)NC(C(=O)NC(CCCN)C(=O)O)C(C)CC)C(C)C)C(C)C)C(C)C. The van der Waals surface area contributed by atoms with Crippen LogP contribution in [0.15, 0.2) is 60.8 Å². The number of rotatable bonds is 56. The lowest BCUT2D eigenvalue weighted by Crippen LogP contribution is -2.62. The van der Waals surface area contributed by atoms with Crippen LogP contribution in [0.5, 0.6) is 0 Å². The molecule has 0 spiro atoms. The zero-order chi connectivity index (χ0) is 87.8. The molecule has 3 rings (SSSR count). The molecule has 0 radical (unpaired) electrons. The van der Waals surface area contributed by atoms with E-state index in [1.807, 2.05) is 0 Å². The van der Waals surface area contributed by atoms with E-state index in [4.69, 9.17) is 22.9 Å². The molecule has 14 amide bonds. The summed E-state index contributed by atoms with van der Waals surface area (Å²) in [5.41, 5.74) is 24.4. The molecule has 0 aliphatic rings. The first-order chi connectivity index (χ1) is 55.4. The van der Waals surface area contributed by atoms with Gasteiger partial charge in [-0.25, -0.2) is 4.79 Å². The van der Waals surface area contributed by atoms with E-state index >= 15 is 0 Å². The zero-order valence-corrected chi connectivity index (χ0v) is 68.6. The van der Waals surface area contributed by atoms with Crippen molar-refractivity contribution in [2.45, 2.75) is 251 Å². The molecule has 0 bridgehead atoms. The van der Waals surface area contributed by atoms with Gasteiger partial charge in [-0.3, -0.25) is 71.9 Å². The van der Waals surface area contributed by atoms with Gasteiger partial charge in [-0.05, 0) is 111 Å². The number of carbonyl (C=O) groups is 16. The maximum absolute atomic E-state index is 14.6. The van der Waals surface area contributed by atoms with Crippen LogP contribution in [0.4, 0.5) is 0 Å². The van der Waals surface area contributed by atoms with Crippen molar-refractivity contribution in [1.82, 2.24) is 74.1 Å². The molecule has 15 atom stereocenters. The van der Waals surface area contributed by atoms with Crippen LogP contribution < -0.4 is 92.1 Å². The Bertz CT molecular complexity index is 3790. The summed E-state index contributed by atoms with van der Waals surface area (Å²) in [5.74, 6) is -18.1. The first-order valence-corrected chi connectivity index (χ1v) is 40.0. The van der Waals surface area contributed by atoms with E-state index in [2.05, 4.69) is 87.9 Å². The van der Waals surface area contributed by atoms with E-state index in [1.54, 1.807) is 110 Å². The van der Waals surface area contributed by atoms with Gasteiger partial charge in [0.1, 0.15) is 78.5 Å². The van der Waals surface area contributed by atoms with E-state index in [0.29, 0.717) is 40.8 Å². The number of aromatic nitrogens is 1. The van der Waals surface area contributed by atoms with Crippen molar-refractivity contribution in [3.05, 3.63) is 71.9 Å². The largest absolute Gasteiger partial charge is 0.481 e. The van der Waals surface area contributed by atoms with Crippen LogP contribution in [0.25, 0.3) is 10.9 Å². The highest BCUT2D eigenvalue weighted by Gasteiger charge is 2.40. The molecule has 0 saturated heterocycles. The van der Waals surface area contributed by atoms with E-state index in [9.17, 15) is 97.1 Å². The predicted octanol–water partition coefficient (Wildman–Crippen LogP) is -2.49. The summed E-state index contributed by atoms with van der Waals surface area (Å²) in [6, 6.07) is -5.27. The van der Waals surface area contributed by atoms with Gasteiger partial charge in [0.05, 0.1) is 13.2 Å². The highest BCUT2D eigenvalue weighted by molar-refractivity contribution is 6.01. The first-order valence-electron chi connectivity index (χ1n) is 40.0. The highest BCUT2D eigenvalue weighted by Crippen LogP contribution is 2.21. The van der Waals surface area contributed by atoms with Gasteiger partial charge < -0.3 is 117 Å². The zero-order valence-electron chi connectivity index (χ0n) is 68.6. The number of carbonyl (C=O) groups excluding carboxylic acids is 14. The third kappa shape index (κ3) is 34.6. The Morgan fingerprint density at radius 1 is 0.376 bits per heavy atom. The molecule has 0 aliphatic heterocycles. The normalized spacial score (nSPS) is 15.2. The Labute approximate surface area is 681 Å². The fourth-order valence-electron chi connectivity index (χ4n) is 12.4. The number of primary amides is 1. The average Bonchev–Trinajstić information content (AvgIpc) is 1.71. The minimum Gasteiger partial charge on any atom is -0.481 e. The van der Waals surface area contributed by atoms with Crippen molar-refractivity contribution in [1.29, 1.82) is 0 Å². The smallest absolute Gasteiger partial charge is 0.326 e. The second-order valence-electron chi connectivity index (χ2n) is 30.4. The molecule has 117 heavy (non-hydrogen) atoms. The van der Waals surface area contributed by atoms with Crippen LogP contribution >= 0.6 is 0 Å². The van der Waals surface area contributed by atoms with Crippen LogP contribution in [0, 0.1) is 29.6 Å². The number of para-hydroxylation sites is 1. The molecular weight excluding hydrogens is 1520 g/mol. The maximum Gasteiger partial charge on any atom is 0.326 e. The average molecular weight is 1650 g/mol. The molecule has 0 aliphatic carbocycles. The number of hydrogen-bond donors (Lipinski definition) is 22. The summed E-state index contributed by atoms with van der Waals surface area (Å²) < 4.78 is 0. The summed E-state index contributed by atoms with van der Waals surface area (Å²) in [7, 11) is 0. The topological polar surface area (TPSA) is 630 Å². The minimum absolute atomic E-state index is 0.00745. The van der Waals surface area contributed by atoms with Crippen molar-refractivity contribution < 1.29 is 97.1 Å². The number of nitrogens with one attached hydrogen (secondary N) is 14. The van der Waals surface area contributed by atoms with E-state index in [0.717, 1.165) is 19.3 Å². The summed E-state index contributed by atoms with van der Waals surface area (Å²) in [6.45, 7) is 14.7. The van der Waals surface area contributed by atoms with Gasteiger partial charge in [-0.2, -0.15) is 0 Å². The van der Waals surface area contributed by atoms with Crippen molar-refractivity contribution in [2.24, 2.45) is 52.5 Å². The molecule has 38 nitrogen and oxygen atoms in total. The van der Waals surface area contributed by atoms with E-state index in [1.165, 1.54) is 6.20 Å². The van der Waals surface area contributed by atoms with Crippen molar-refractivity contribution >= 4 is 106 Å². The maximum atomic E-state index is 14.6. The van der Waals surface area contributed by atoms with Gasteiger partial charge in [0.15, 0.2) is 0 Å². The number of hydrogen-bond acceptors (Lipinski definition) is 21. The Kier molecular flexibility index (Phi) is 44.7. The minimum atomic E-state index is -1.97. The predicted molar refractivity (Wildman–Crippen MR) is 432 cm³/mol. The number of amides is 14. The monoisotopic (exact) mass is 1650 g/mol. The summed E-state index contributed by atoms with van der Waals surface area (Å²) in [5, 5.41) is 74.4. The number of aliphatic hydroxyl groups is 2. The first kappa shape index (κ1) is 100. The quantitative estimate of drug-likeness (QED) is 0.0260. The summed E-state index contributed by atoms with van der Waals surface area (Å²) >= 11 is 0. The van der Waals surface area contributed by atoms with Gasteiger partial charge in [0, 0.05) is 49.2 Å². The van der Waals surface area contributed by atoms with Gasteiger partial charge in [-0.15, -0.1) is 0 Å². The molecule has 2 aromatic carbocycles. The summed E-state index contributed by atoms with van der Waals surface area (Å²) in [6.07, 6.45) is 2.15. The lowest BCUT2D eigenvalue weighted by Gasteiger charge is -2.30. The lowest BCUT2D eigenvalue weighted by molar-refractivity contribution is -0.143. The number of H-pyrrole nitrogens is 1. The fourth-order valence-corrected chi connectivity index (χ4v) is 12.4. The van der Waals surface area contributed by atoms with Crippen LogP contribution in [0.3, 0.4) is 0 Å².